The van der Waals surface area contributed by atoms with Crippen molar-refractivity contribution < 1.29 is 18.0 Å². The van der Waals surface area contributed by atoms with Crippen LogP contribution in [-0.2, 0) is 11.3 Å². The standard InChI is InChI=1S/C28H24F3N5O2/c1-18-6-4-8-23-26(18)36(27(38)34(23)17-25(37)33-14-5-9-24(33)28(29,30)31)20-12-10-19(11-13-20)21-16-32-35-15-3-2-7-22(21)35/h2-4,6-8,10-13,15-16,24H,5,9,14,17H2,1H3. The van der Waals surface area contributed by atoms with Gasteiger partial charge in [0.15, 0.2) is 0 Å². The fraction of sp³-hybridized carbons (Fsp3) is 0.250. The predicted molar refractivity (Wildman–Crippen MR) is 137 cm³/mol. The molecule has 1 atom stereocenters. The van der Waals surface area contributed by atoms with Crippen molar-refractivity contribution in [3.8, 4) is 16.8 Å². The number of imidazole rings is 1. The molecule has 5 aromatic rings. The molecule has 0 saturated carbocycles. The lowest BCUT2D eigenvalue weighted by atomic mass is 10.1. The molecule has 1 fully saturated rings. The first kappa shape index (κ1) is 24.0. The molecular weight excluding hydrogens is 495 g/mol. The van der Waals surface area contributed by atoms with E-state index in [0.717, 1.165) is 27.1 Å². The quantitative estimate of drug-likeness (QED) is 0.337. The van der Waals surface area contributed by atoms with Gasteiger partial charge in [-0.1, -0.05) is 30.3 Å². The van der Waals surface area contributed by atoms with E-state index < -0.39 is 30.4 Å². The van der Waals surface area contributed by atoms with Gasteiger partial charge in [-0.2, -0.15) is 18.3 Å². The Balaban J connectivity index is 1.40. The van der Waals surface area contributed by atoms with E-state index in [1.54, 1.807) is 22.8 Å². The number of hydrogen-bond donors (Lipinski definition) is 0. The van der Waals surface area contributed by atoms with Gasteiger partial charge < -0.3 is 4.90 Å². The van der Waals surface area contributed by atoms with Crippen LogP contribution in [0.25, 0.3) is 33.4 Å². The van der Waals surface area contributed by atoms with Crippen LogP contribution in [0.5, 0.6) is 0 Å². The zero-order valence-corrected chi connectivity index (χ0v) is 20.5. The number of pyridine rings is 1. The Morgan fingerprint density at radius 1 is 1.03 bits per heavy atom. The third-order valence-corrected chi connectivity index (χ3v) is 7.26. The molecule has 4 heterocycles. The Morgan fingerprint density at radius 3 is 2.55 bits per heavy atom. The first-order valence-corrected chi connectivity index (χ1v) is 12.3. The molecule has 3 aromatic heterocycles. The number of hydrogen-bond acceptors (Lipinski definition) is 3. The molecule has 1 aliphatic rings. The lowest BCUT2D eigenvalue weighted by Gasteiger charge is -2.26. The summed E-state index contributed by atoms with van der Waals surface area (Å²) in [5, 5.41) is 4.38. The van der Waals surface area contributed by atoms with Gasteiger partial charge in [-0.3, -0.25) is 13.9 Å². The van der Waals surface area contributed by atoms with Crippen LogP contribution in [0.2, 0.25) is 0 Å². The lowest BCUT2D eigenvalue weighted by Crippen LogP contribution is -2.46. The first-order valence-electron chi connectivity index (χ1n) is 12.3. The maximum absolute atomic E-state index is 13.7. The van der Waals surface area contributed by atoms with E-state index in [1.807, 2.05) is 61.7 Å². The summed E-state index contributed by atoms with van der Waals surface area (Å²) in [7, 11) is 0. The molecule has 0 spiro atoms. The maximum Gasteiger partial charge on any atom is 0.408 e. The zero-order valence-electron chi connectivity index (χ0n) is 20.5. The van der Waals surface area contributed by atoms with E-state index >= 15 is 0 Å². The van der Waals surface area contributed by atoms with Crippen LogP contribution in [-0.4, -0.2) is 48.3 Å². The Morgan fingerprint density at radius 2 is 1.79 bits per heavy atom. The molecule has 1 unspecified atom stereocenters. The van der Waals surface area contributed by atoms with E-state index in [9.17, 15) is 22.8 Å². The smallest absolute Gasteiger partial charge is 0.329 e. The molecule has 194 valence electrons. The predicted octanol–water partition coefficient (Wildman–Crippen LogP) is 4.97. The van der Waals surface area contributed by atoms with Crippen molar-refractivity contribution in [2.75, 3.05) is 6.54 Å². The second-order valence-corrected chi connectivity index (χ2v) is 9.57. The fourth-order valence-corrected chi connectivity index (χ4v) is 5.44. The first-order chi connectivity index (χ1) is 18.2. The summed E-state index contributed by atoms with van der Waals surface area (Å²) in [5.41, 5.74) is 4.85. The second kappa shape index (κ2) is 8.90. The minimum atomic E-state index is -4.50. The Labute approximate surface area is 215 Å². The van der Waals surface area contributed by atoms with Crippen LogP contribution < -0.4 is 5.69 Å². The topological polar surface area (TPSA) is 64.5 Å². The maximum atomic E-state index is 13.7. The summed E-state index contributed by atoms with van der Waals surface area (Å²) < 4.78 is 45.0. The van der Waals surface area contributed by atoms with Crippen LogP contribution in [0.4, 0.5) is 13.2 Å². The summed E-state index contributed by atoms with van der Waals surface area (Å²) >= 11 is 0. The Bertz CT molecular complexity index is 1730. The second-order valence-electron chi connectivity index (χ2n) is 9.57. The zero-order chi connectivity index (χ0) is 26.6. The minimum Gasteiger partial charge on any atom is -0.329 e. The summed E-state index contributed by atoms with van der Waals surface area (Å²) in [6, 6.07) is 16.8. The number of halogens is 3. The van der Waals surface area contributed by atoms with Gasteiger partial charge in [-0.25, -0.2) is 9.31 Å². The number of amides is 1. The number of likely N-dealkylation sites (tertiary alicyclic amines) is 1. The van der Waals surface area contributed by atoms with Crippen LogP contribution >= 0.6 is 0 Å². The average Bonchev–Trinajstić information content (AvgIpc) is 3.62. The van der Waals surface area contributed by atoms with Crippen molar-refractivity contribution in [3.05, 3.63) is 89.1 Å². The molecule has 0 N–H and O–H groups in total. The highest BCUT2D eigenvalue weighted by Gasteiger charge is 2.47. The highest BCUT2D eigenvalue weighted by molar-refractivity contribution is 5.85. The molecule has 0 radical (unpaired) electrons. The van der Waals surface area contributed by atoms with Crippen molar-refractivity contribution >= 4 is 22.5 Å². The molecule has 1 saturated heterocycles. The molecule has 0 bridgehead atoms. The molecule has 7 nitrogen and oxygen atoms in total. The molecule has 10 heteroatoms. The number of para-hydroxylation sites is 1. The van der Waals surface area contributed by atoms with Crippen molar-refractivity contribution in [2.45, 2.75) is 38.5 Å². The SMILES string of the molecule is Cc1cccc2c1n(-c1ccc(-c3cnn4ccccc34)cc1)c(=O)n2CC(=O)N1CCCC1C(F)(F)F. The number of nitrogens with zero attached hydrogens (tertiary/aromatic N) is 5. The van der Waals surface area contributed by atoms with Crippen LogP contribution in [0.15, 0.2) is 77.9 Å². The lowest BCUT2D eigenvalue weighted by molar-refractivity contribution is -0.182. The van der Waals surface area contributed by atoms with Crippen molar-refractivity contribution in [3.63, 3.8) is 0 Å². The van der Waals surface area contributed by atoms with Gasteiger partial charge in [-0.15, -0.1) is 0 Å². The van der Waals surface area contributed by atoms with Crippen molar-refractivity contribution in [1.82, 2.24) is 23.6 Å². The van der Waals surface area contributed by atoms with E-state index in [-0.39, 0.29) is 19.4 Å². The minimum absolute atomic E-state index is 0.0282. The fourth-order valence-electron chi connectivity index (χ4n) is 5.44. The van der Waals surface area contributed by atoms with Gasteiger partial charge in [0.05, 0.1) is 28.4 Å². The van der Waals surface area contributed by atoms with Gasteiger partial charge in [0.2, 0.25) is 5.91 Å². The number of aromatic nitrogens is 4. The van der Waals surface area contributed by atoms with Gasteiger partial charge in [0, 0.05) is 18.3 Å². The van der Waals surface area contributed by atoms with E-state index in [2.05, 4.69) is 5.10 Å². The van der Waals surface area contributed by atoms with Gasteiger partial charge in [-0.05, 0) is 61.2 Å². The van der Waals surface area contributed by atoms with Gasteiger partial charge >= 0.3 is 11.9 Å². The third-order valence-electron chi connectivity index (χ3n) is 7.26. The Hall–Kier alpha value is -4.34. The van der Waals surface area contributed by atoms with Crippen LogP contribution in [0, 0.1) is 6.92 Å². The van der Waals surface area contributed by atoms with E-state index in [1.165, 1.54) is 9.13 Å². The summed E-state index contributed by atoms with van der Waals surface area (Å²) in [6.07, 6.45) is -0.686. The van der Waals surface area contributed by atoms with Gasteiger partial charge in [0.25, 0.3) is 0 Å². The molecule has 1 amide bonds. The van der Waals surface area contributed by atoms with E-state index in [0.29, 0.717) is 16.7 Å². The molecule has 6 rings (SSSR count). The molecular formula is C28H24F3N5O2. The average molecular weight is 520 g/mol. The molecule has 2 aromatic carbocycles. The van der Waals surface area contributed by atoms with Crippen LogP contribution in [0.1, 0.15) is 18.4 Å². The largest absolute Gasteiger partial charge is 0.408 e. The molecule has 38 heavy (non-hydrogen) atoms. The van der Waals surface area contributed by atoms with Gasteiger partial charge in [0.1, 0.15) is 12.6 Å². The number of aryl methyl sites for hydroxylation is 1. The summed E-state index contributed by atoms with van der Waals surface area (Å²) in [4.78, 5) is 27.6. The monoisotopic (exact) mass is 519 g/mol. The normalized spacial score (nSPS) is 16.1. The Kier molecular flexibility index (Phi) is 5.62. The summed E-state index contributed by atoms with van der Waals surface area (Å²) in [5.74, 6) is -0.712. The van der Waals surface area contributed by atoms with Crippen LogP contribution in [0.3, 0.4) is 0 Å². The number of carbonyl (C=O) groups excluding carboxylic acids is 1. The number of carbonyl (C=O) groups is 1. The van der Waals surface area contributed by atoms with Crippen molar-refractivity contribution in [2.24, 2.45) is 0 Å². The molecule has 1 aliphatic heterocycles. The highest BCUT2D eigenvalue weighted by atomic mass is 19.4. The van der Waals surface area contributed by atoms with Crippen molar-refractivity contribution in [1.29, 1.82) is 0 Å². The highest BCUT2D eigenvalue weighted by Crippen LogP contribution is 2.33. The number of benzene rings is 2. The summed E-state index contributed by atoms with van der Waals surface area (Å²) in [6.45, 7) is 1.43. The molecule has 0 aliphatic carbocycles. The number of fused-ring (bicyclic) bond motifs is 2. The third kappa shape index (κ3) is 3.87. The number of rotatable bonds is 4. The number of alkyl halides is 3. The van der Waals surface area contributed by atoms with E-state index in [4.69, 9.17) is 0 Å².